The lowest BCUT2D eigenvalue weighted by atomic mass is 9.77. The SMILES string of the molecule is CC(C)[C@@H]1CC[C@@H](C)CC(=O)N2C[C@H]3C[C@H](CN(C(=O)c4c5c(nn4C)CCCC5)C3)[C@@H]2CCCC(=O)N1. The van der Waals surface area contributed by atoms with Crippen molar-refractivity contribution in [2.45, 2.75) is 103 Å². The highest BCUT2D eigenvalue weighted by atomic mass is 16.2. The van der Waals surface area contributed by atoms with Crippen LogP contribution in [0, 0.1) is 23.7 Å². The monoisotopic (exact) mass is 525 g/mol. The Morgan fingerprint density at radius 3 is 2.58 bits per heavy atom. The summed E-state index contributed by atoms with van der Waals surface area (Å²) in [6, 6.07) is 0.261. The van der Waals surface area contributed by atoms with E-state index in [0.717, 1.165) is 81.3 Å². The summed E-state index contributed by atoms with van der Waals surface area (Å²) in [7, 11) is 1.90. The zero-order chi connectivity index (χ0) is 27.0. The third-order valence-electron chi connectivity index (χ3n) is 9.65. The molecule has 2 bridgehead atoms. The summed E-state index contributed by atoms with van der Waals surface area (Å²) < 4.78 is 1.81. The number of amides is 3. The minimum atomic E-state index is 0.0939. The molecule has 5 rings (SSSR count). The van der Waals surface area contributed by atoms with Crippen molar-refractivity contribution < 1.29 is 14.4 Å². The van der Waals surface area contributed by atoms with Gasteiger partial charge in [-0.2, -0.15) is 5.10 Å². The highest BCUT2D eigenvalue weighted by Crippen LogP contribution is 2.37. The van der Waals surface area contributed by atoms with Crippen LogP contribution in [0.1, 0.15) is 100 Å². The fourth-order valence-corrected chi connectivity index (χ4v) is 7.57. The number of piperidine rings is 2. The van der Waals surface area contributed by atoms with Gasteiger partial charge in [0, 0.05) is 57.2 Å². The van der Waals surface area contributed by atoms with Gasteiger partial charge in [-0.25, -0.2) is 0 Å². The van der Waals surface area contributed by atoms with Gasteiger partial charge in [-0.1, -0.05) is 20.8 Å². The Hall–Kier alpha value is -2.38. The number of nitrogens with zero attached hydrogens (tertiary/aromatic N) is 4. The van der Waals surface area contributed by atoms with Crippen molar-refractivity contribution in [3.63, 3.8) is 0 Å². The second-order valence-electron chi connectivity index (χ2n) is 13.0. The predicted octanol–water partition coefficient (Wildman–Crippen LogP) is 3.72. The van der Waals surface area contributed by atoms with E-state index in [1.807, 2.05) is 11.7 Å². The third kappa shape index (κ3) is 5.64. The molecule has 3 amide bonds. The molecule has 0 saturated carbocycles. The van der Waals surface area contributed by atoms with Crippen molar-refractivity contribution in [1.29, 1.82) is 0 Å². The van der Waals surface area contributed by atoms with Crippen LogP contribution in [-0.2, 0) is 29.5 Å². The van der Waals surface area contributed by atoms with Gasteiger partial charge in [0.05, 0.1) is 5.69 Å². The first-order valence-electron chi connectivity index (χ1n) is 15.1. The zero-order valence-corrected chi connectivity index (χ0v) is 23.9. The van der Waals surface area contributed by atoms with Gasteiger partial charge in [-0.15, -0.1) is 0 Å². The number of likely N-dealkylation sites (tertiary alicyclic amines) is 1. The quantitative estimate of drug-likeness (QED) is 0.638. The predicted molar refractivity (Wildman–Crippen MR) is 146 cm³/mol. The third-order valence-corrected chi connectivity index (χ3v) is 9.65. The van der Waals surface area contributed by atoms with E-state index < -0.39 is 0 Å². The molecule has 0 radical (unpaired) electrons. The van der Waals surface area contributed by atoms with E-state index in [1.165, 1.54) is 0 Å². The van der Waals surface area contributed by atoms with E-state index in [2.05, 4.69) is 41.0 Å². The first-order valence-corrected chi connectivity index (χ1v) is 15.1. The Balaban J connectivity index is 1.34. The molecule has 4 aliphatic rings. The molecule has 5 atom stereocenters. The number of aromatic nitrogens is 2. The van der Waals surface area contributed by atoms with Crippen molar-refractivity contribution in [3.05, 3.63) is 17.0 Å². The molecule has 0 aromatic carbocycles. The number of nitrogens with one attached hydrogen (secondary N) is 1. The van der Waals surface area contributed by atoms with Gasteiger partial charge in [-0.3, -0.25) is 19.1 Å². The van der Waals surface area contributed by atoms with Crippen LogP contribution < -0.4 is 5.32 Å². The molecular formula is C30H47N5O3. The first-order chi connectivity index (χ1) is 18.2. The van der Waals surface area contributed by atoms with Crippen LogP contribution in [0.4, 0.5) is 0 Å². The van der Waals surface area contributed by atoms with Crippen molar-refractivity contribution >= 4 is 17.7 Å². The van der Waals surface area contributed by atoms with Crippen LogP contribution >= 0.6 is 0 Å². The first kappa shape index (κ1) is 27.2. The summed E-state index contributed by atoms with van der Waals surface area (Å²) in [6.07, 6.45) is 9.73. The van der Waals surface area contributed by atoms with Crippen LogP contribution in [0.25, 0.3) is 0 Å². The standard InChI is InChI=1S/C30H47N5O3/c1-19(2)24-13-12-20(3)14-28(37)35-17-21-15-22(26(35)10-7-11-27(36)31-24)18-34(16-21)30(38)29-23-8-5-6-9-25(23)32-33(29)4/h19-22,24,26H,5-18H2,1-4H3,(H,31,36)/t20-,21+,22-,24+,26+/m1/s1. The fraction of sp³-hybridized carbons (Fsp3) is 0.800. The lowest BCUT2D eigenvalue weighted by molar-refractivity contribution is -0.141. The highest BCUT2D eigenvalue weighted by molar-refractivity contribution is 5.94. The summed E-state index contributed by atoms with van der Waals surface area (Å²) >= 11 is 0. The summed E-state index contributed by atoms with van der Waals surface area (Å²) in [4.78, 5) is 44.5. The minimum absolute atomic E-state index is 0.0939. The summed E-state index contributed by atoms with van der Waals surface area (Å²) in [5.41, 5.74) is 3.02. The Kier molecular flexibility index (Phi) is 8.15. The number of fused-ring (bicyclic) bond motifs is 5. The average Bonchev–Trinajstić information content (AvgIpc) is 3.22. The van der Waals surface area contributed by atoms with E-state index in [1.54, 1.807) is 0 Å². The second kappa shape index (κ2) is 11.4. The normalized spacial score (nSPS) is 31.0. The summed E-state index contributed by atoms with van der Waals surface area (Å²) in [5.74, 6) is 1.73. The Morgan fingerprint density at radius 1 is 1.00 bits per heavy atom. The van der Waals surface area contributed by atoms with Gasteiger partial charge >= 0.3 is 0 Å². The number of rotatable bonds is 2. The molecule has 3 aliphatic heterocycles. The highest BCUT2D eigenvalue weighted by Gasteiger charge is 2.44. The largest absolute Gasteiger partial charge is 0.353 e. The molecular weight excluding hydrogens is 478 g/mol. The number of aryl methyl sites for hydroxylation is 2. The molecule has 1 aliphatic carbocycles. The molecule has 210 valence electrons. The lowest BCUT2D eigenvalue weighted by Gasteiger charge is -2.51. The molecule has 0 spiro atoms. The maximum Gasteiger partial charge on any atom is 0.272 e. The van der Waals surface area contributed by atoms with E-state index in [4.69, 9.17) is 0 Å². The van der Waals surface area contributed by atoms with E-state index in [-0.39, 0.29) is 41.6 Å². The van der Waals surface area contributed by atoms with Crippen LogP contribution in [0.3, 0.4) is 0 Å². The van der Waals surface area contributed by atoms with Gasteiger partial charge in [-0.05, 0) is 81.5 Å². The van der Waals surface area contributed by atoms with Crippen LogP contribution in [-0.4, -0.2) is 69.0 Å². The molecule has 1 aromatic rings. The molecule has 3 fully saturated rings. The molecule has 1 aromatic heterocycles. The lowest BCUT2D eigenvalue weighted by Crippen LogP contribution is -2.60. The minimum Gasteiger partial charge on any atom is -0.353 e. The smallest absolute Gasteiger partial charge is 0.272 e. The topological polar surface area (TPSA) is 87.5 Å². The Morgan fingerprint density at radius 2 is 1.79 bits per heavy atom. The van der Waals surface area contributed by atoms with Crippen molar-refractivity contribution in [2.75, 3.05) is 19.6 Å². The molecule has 4 heterocycles. The van der Waals surface area contributed by atoms with Crippen LogP contribution in [0.15, 0.2) is 0 Å². The van der Waals surface area contributed by atoms with Gasteiger partial charge in [0.1, 0.15) is 5.69 Å². The molecule has 8 nitrogen and oxygen atoms in total. The number of carbonyl (C=O) groups is 3. The van der Waals surface area contributed by atoms with Crippen molar-refractivity contribution in [1.82, 2.24) is 24.9 Å². The van der Waals surface area contributed by atoms with Gasteiger partial charge < -0.3 is 15.1 Å². The summed E-state index contributed by atoms with van der Waals surface area (Å²) in [5, 5.41) is 7.96. The van der Waals surface area contributed by atoms with E-state index >= 15 is 0 Å². The maximum absolute atomic E-state index is 13.9. The van der Waals surface area contributed by atoms with Crippen LogP contribution in [0.5, 0.6) is 0 Å². The van der Waals surface area contributed by atoms with Gasteiger partial charge in [0.2, 0.25) is 11.8 Å². The van der Waals surface area contributed by atoms with E-state index in [9.17, 15) is 14.4 Å². The molecule has 38 heavy (non-hydrogen) atoms. The Bertz CT molecular complexity index is 1050. The number of hydrogen-bond donors (Lipinski definition) is 1. The number of carbonyl (C=O) groups excluding carboxylic acids is 3. The van der Waals surface area contributed by atoms with Gasteiger partial charge in [0.25, 0.3) is 5.91 Å². The average molecular weight is 526 g/mol. The molecule has 3 saturated heterocycles. The fourth-order valence-electron chi connectivity index (χ4n) is 7.57. The maximum atomic E-state index is 13.9. The molecule has 1 N–H and O–H groups in total. The van der Waals surface area contributed by atoms with E-state index in [0.29, 0.717) is 37.8 Å². The zero-order valence-electron chi connectivity index (χ0n) is 23.9. The van der Waals surface area contributed by atoms with Crippen molar-refractivity contribution in [2.24, 2.45) is 30.7 Å². The second-order valence-corrected chi connectivity index (χ2v) is 13.0. The molecule has 8 heteroatoms. The Labute approximate surface area is 227 Å². The summed E-state index contributed by atoms with van der Waals surface area (Å²) in [6.45, 7) is 8.61. The van der Waals surface area contributed by atoms with Crippen molar-refractivity contribution in [3.8, 4) is 0 Å². The van der Waals surface area contributed by atoms with Crippen LogP contribution in [0.2, 0.25) is 0 Å². The molecule has 0 unspecified atom stereocenters. The van der Waals surface area contributed by atoms with Gasteiger partial charge in [0.15, 0.2) is 0 Å². The number of hydrogen-bond acceptors (Lipinski definition) is 4.